The number of imide groups is 1. The van der Waals surface area contributed by atoms with Gasteiger partial charge in [-0.15, -0.1) is 6.58 Å². The smallest absolute Gasteiger partial charge is 0.338 e. The van der Waals surface area contributed by atoms with E-state index in [1.165, 1.54) is 37.3 Å². The van der Waals surface area contributed by atoms with Gasteiger partial charge in [-0.1, -0.05) is 12.1 Å². The molecule has 0 aromatic heterocycles. The molecule has 0 bridgehead atoms. The molecule has 0 saturated heterocycles. The number of hydrogen-bond donors (Lipinski definition) is 1. The second kappa shape index (κ2) is 8.41. The molecule has 0 radical (unpaired) electrons. The number of nitrogens with zero attached hydrogens (tertiary/aromatic N) is 2. The van der Waals surface area contributed by atoms with Crippen LogP contribution < -0.4 is 5.32 Å². The summed E-state index contributed by atoms with van der Waals surface area (Å²) in [6.07, 6.45) is 0.301. The molecule has 1 aliphatic rings. The Morgan fingerprint density at radius 2 is 1.93 bits per heavy atom. The Labute approximate surface area is 172 Å². The number of fused-ring (bicyclic) bond motifs is 1. The van der Waals surface area contributed by atoms with E-state index in [2.05, 4.69) is 11.9 Å². The fraction of sp³-hybridized carbons (Fsp3) is 0.136. The van der Waals surface area contributed by atoms with E-state index in [4.69, 9.17) is 10.00 Å². The predicted octanol–water partition coefficient (Wildman–Crippen LogP) is 2.52. The minimum atomic E-state index is -1.13. The van der Waals surface area contributed by atoms with Crippen LogP contribution in [-0.4, -0.2) is 41.2 Å². The number of nitrogens with one attached hydrogen (secondary N) is 1. The summed E-state index contributed by atoms with van der Waals surface area (Å²) in [5.74, 6) is -2.37. The lowest BCUT2D eigenvalue weighted by Crippen LogP contribution is -2.30. The lowest BCUT2D eigenvalue weighted by Gasteiger charge is -2.14. The average molecular weight is 403 g/mol. The van der Waals surface area contributed by atoms with Crippen LogP contribution in [0, 0.1) is 11.3 Å². The van der Waals surface area contributed by atoms with Crippen LogP contribution in [0.5, 0.6) is 0 Å². The standard InChI is InChI=1S/C22H17N3O5/c1-3-9-25-20(27)17-8-7-15(11-18(17)21(25)28)22(29)30-13(2)19(26)24-16-6-4-5-14(10-16)12-23/h3-8,10-11,13H,1,9H2,2H3,(H,24,26)/t13-/m1/s1. The highest BCUT2D eigenvalue weighted by atomic mass is 16.5. The molecule has 0 saturated carbocycles. The van der Waals surface area contributed by atoms with Gasteiger partial charge in [-0.25, -0.2) is 4.79 Å². The fourth-order valence-corrected chi connectivity index (χ4v) is 2.91. The van der Waals surface area contributed by atoms with E-state index in [0.29, 0.717) is 11.3 Å². The summed E-state index contributed by atoms with van der Waals surface area (Å²) in [6, 6.07) is 12.3. The third-order valence-electron chi connectivity index (χ3n) is 4.43. The highest BCUT2D eigenvalue weighted by molar-refractivity contribution is 6.22. The zero-order chi connectivity index (χ0) is 21.8. The fourth-order valence-electron chi connectivity index (χ4n) is 2.91. The highest BCUT2D eigenvalue weighted by Gasteiger charge is 2.35. The minimum absolute atomic E-state index is 0.0430. The van der Waals surface area contributed by atoms with Gasteiger partial charge >= 0.3 is 5.97 Å². The van der Waals surface area contributed by atoms with Crippen molar-refractivity contribution in [2.24, 2.45) is 0 Å². The predicted molar refractivity (Wildman–Crippen MR) is 107 cm³/mol. The number of nitriles is 1. The number of anilines is 1. The SMILES string of the molecule is C=CCN1C(=O)c2ccc(C(=O)O[C@H](C)C(=O)Nc3cccc(C#N)c3)cc2C1=O. The Kier molecular flexibility index (Phi) is 5.74. The maximum Gasteiger partial charge on any atom is 0.338 e. The lowest BCUT2D eigenvalue weighted by molar-refractivity contribution is -0.123. The molecule has 8 nitrogen and oxygen atoms in total. The molecule has 1 aliphatic heterocycles. The van der Waals surface area contributed by atoms with Crippen LogP contribution in [0.4, 0.5) is 5.69 Å². The summed E-state index contributed by atoms with van der Waals surface area (Å²) in [5.41, 5.74) is 1.11. The molecule has 2 aromatic carbocycles. The molecule has 30 heavy (non-hydrogen) atoms. The van der Waals surface area contributed by atoms with Crippen molar-refractivity contribution in [1.82, 2.24) is 4.90 Å². The average Bonchev–Trinajstić information content (AvgIpc) is 2.98. The van der Waals surface area contributed by atoms with Gasteiger partial charge in [-0.05, 0) is 43.3 Å². The second-order valence-electron chi connectivity index (χ2n) is 6.50. The number of benzene rings is 2. The summed E-state index contributed by atoms with van der Waals surface area (Å²) in [4.78, 5) is 50.4. The summed E-state index contributed by atoms with van der Waals surface area (Å²) in [5, 5.41) is 11.5. The van der Waals surface area contributed by atoms with Crippen LogP contribution in [0.2, 0.25) is 0 Å². The topological polar surface area (TPSA) is 117 Å². The van der Waals surface area contributed by atoms with Crippen LogP contribution in [0.25, 0.3) is 0 Å². The molecule has 0 fully saturated rings. The summed E-state index contributed by atoms with van der Waals surface area (Å²) in [6.45, 7) is 4.98. The van der Waals surface area contributed by atoms with Crippen molar-refractivity contribution in [2.45, 2.75) is 13.0 Å². The van der Waals surface area contributed by atoms with E-state index in [-0.39, 0.29) is 23.2 Å². The molecule has 0 aliphatic carbocycles. The number of hydrogen-bond acceptors (Lipinski definition) is 6. The summed E-state index contributed by atoms with van der Waals surface area (Å²) >= 11 is 0. The van der Waals surface area contributed by atoms with Crippen LogP contribution in [0.15, 0.2) is 55.1 Å². The van der Waals surface area contributed by atoms with Crippen LogP contribution in [0.3, 0.4) is 0 Å². The molecule has 0 unspecified atom stereocenters. The first kappa shape index (κ1) is 20.5. The number of rotatable bonds is 6. The van der Waals surface area contributed by atoms with Gasteiger partial charge in [-0.3, -0.25) is 19.3 Å². The first-order valence-corrected chi connectivity index (χ1v) is 8.99. The number of carbonyl (C=O) groups excluding carboxylic acids is 4. The quantitative estimate of drug-likeness (QED) is 0.450. The Morgan fingerprint density at radius 1 is 1.20 bits per heavy atom. The molecule has 1 N–H and O–H groups in total. The first-order valence-electron chi connectivity index (χ1n) is 8.99. The molecular weight excluding hydrogens is 386 g/mol. The van der Waals surface area contributed by atoms with E-state index >= 15 is 0 Å². The van der Waals surface area contributed by atoms with E-state index < -0.39 is 29.8 Å². The van der Waals surface area contributed by atoms with Gasteiger partial charge in [0.2, 0.25) is 0 Å². The Hall–Kier alpha value is -4.25. The van der Waals surface area contributed by atoms with Crippen LogP contribution in [0.1, 0.15) is 43.6 Å². The second-order valence-corrected chi connectivity index (χ2v) is 6.50. The zero-order valence-corrected chi connectivity index (χ0v) is 16.0. The number of ether oxygens (including phenoxy) is 1. The molecular formula is C22H17N3O5. The molecule has 2 aromatic rings. The molecule has 3 amide bonds. The number of esters is 1. The molecule has 150 valence electrons. The summed E-state index contributed by atoms with van der Waals surface area (Å²) in [7, 11) is 0. The third-order valence-corrected chi connectivity index (χ3v) is 4.43. The van der Waals surface area contributed by atoms with Gasteiger partial charge in [0, 0.05) is 12.2 Å². The summed E-state index contributed by atoms with van der Waals surface area (Å²) < 4.78 is 5.18. The van der Waals surface area contributed by atoms with Gasteiger partial charge in [0.1, 0.15) is 0 Å². The highest BCUT2D eigenvalue weighted by Crippen LogP contribution is 2.24. The first-order chi connectivity index (χ1) is 14.3. The van der Waals surface area contributed by atoms with Crippen molar-refractivity contribution in [1.29, 1.82) is 5.26 Å². The molecule has 1 atom stereocenters. The van der Waals surface area contributed by atoms with E-state index in [0.717, 1.165) is 4.90 Å². The van der Waals surface area contributed by atoms with E-state index in [1.54, 1.807) is 18.2 Å². The lowest BCUT2D eigenvalue weighted by atomic mass is 10.1. The maximum absolute atomic E-state index is 12.4. The monoisotopic (exact) mass is 403 g/mol. The van der Waals surface area contributed by atoms with Crippen molar-refractivity contribution in [3.05, 3.63) is 77.4 Å². The maximum atomic E-state index is 12.4. The third kappa shape index (κ3) is 3.95. The van der Waals surface area contributed by atoms with Crippen molar-refractivity contribution >= 4 is 29.4 Å². The van der Waals surface area contributed by atoms with Crippen LogP contribution >= 0.6 is 0 Å². The molecule has 0 spiro atoms. The van der Waals surface area contributed by atoms with Crippen LogP contribution in [-0.2, 0) is 9.53 Å². The molecule has 1 heterocycles. The Bertz CT molecular complexity index is 1120. The minimum Gasteiger partial charge on any atom is -0.449 e. The number of amides is 3. The number of carbonyl (C=O) groups is 4. The van der Waals surface area contributed by atoms with Crippen molar-refractivity contribution < 1.29 is 23.9 Å². The normalized spacial score (nSPS) is 13.3. The van der Waals surface area contributed by atoms with Gasteiger partial charge in [-0.2, -0.15) is 5.26 Å². The Balaban J connectivity index is 1.70. The van der Waals surface area contributed by atoms with E-state index in [1.807, 2.05) is 6.07 Å². The Morgan fingerprint density at radius 3 is 2.63 bits per heavy atom. The molecule has 8 heteroatoms. The largest absolute Gasteiger partial charge is 0.449 e. The van der Waals surface area contributed by atoms with Gasteiger partial charge in [0.25, 0.3) is 17.7 Å². The molecule has 3 rings (SSSR count). The van der Waals surface area contributed by atoms with E-state index in [9.17, 15) is 19.2 Å². The van der Waals surface area contributed by atoms with Crippen molar-refractivity contribution in [3.8, 4) is 6.07 Å². The van der Waals surface area contributed by atoms with Crippen molar-refractivity contribution in [2.75, 3.05) is 11.9 Å². The zero-order valence-electron chi connectivity index (χ0n) is 16.0. The van der Waals surface area contributed by atoms with Crippen molar-refractivity contribution in [3.63, 3.8) is 0 Å². The van der Waals surface area contributed by atoms with Gasteiger partial charge in [0.05, 0.1) is 28.3 Å². The van der Waals surface area contributed by atoms with Gasteiger partial charge < -0.3 is 10.1 Å². The van der Waals surface area contributed by atoms with Gasteiger partial charge in [0.15, 0.2) is 6.10 Å².